The zero-order valence-electron chi connectivity index (χ0n) is 8.28. The molecule has 1 heterocycles. The van der Waals surface area contributed by atoms with Crippen LogP contribution in [-0.2, 0) is 0 Å². The van der Waals surface area contributed by atoms with Crippen molar-refractivity contribution in [3.05, 3.63) is 18.5 Å². The molecule has 3 heteroatoms. The van der Waals surface area contributed by atoms with Crippen molar-refractivity contribution in [3.63, 3.8) is 0 Å². The summed E-state index contributed by atoms with van der Waals surface area (Å²) < 4.78 is 5.55. The Hall–Kier alpha value is -1.25. The fourth-order valence-electron chi connectivity index (χ4n) is 1.64. The van der Waals surface area contributed by atoms with E-state index in [1.165, 1.54) is 19.3 Å². The van der Waals surface area contributed by atoms with Crippen LogP contribution in [0.15, 0.2) is 18.5 Å². The molecule has 1 aromatic rings. The second-order valence-electron chi connectivity index (χ2n) is 3.89. The number of hydrogen-bond acceptors (Lipinski definition) is 3. The van der Waals surface area contributed by atoms with Gasteiger partial charge in [0.05, 0.1) is 24.7 Å². The molecule has 3 nitrogen and oxygen atoms in total. The molecule has 0 radical (unpaired) electrons. The number of nitrogen functional groups attached to an aromatic ring is 1. The minimum Gasteiger partial charge on any atom is -0.492 e. The van der Waals surface area contributed by atoms with Gasteiger partial charge in [-0.1, -0.05) is 19.3 Å². The van der Waals surface area contributed by atoms with Crippen molar-refractivity contribution in [1.82, 2.24) is 4.98 Å². The van der Waals surface area contributed by atoms with Crippen LogP contribution in [0.2, 0.25) is 0 Å². The third kappa shape index (κ3) is 2.37. The summed E-state index contributed by atoms with van der Waals surface area (Å²) in [5.74, 6) is 1.67. The van der Waals surface area contributed by atoms with Crippen LogP contribution in [0.4, 0.5) is 5.69 Å². The third-order valence-corrected chi connectivity index (χ3v) is 2.75. The molecule has 0 amide bonds. The number of aromatic nitrogens is 1. The first-order valence-electron chi connectivity index (χ1n) is 5.18. The second kappa shape index (κ2) is 4.31. The molecule has 1 aromatic heterocycles. The van der Waals surface area contributed by atoms with Crippen LogP contribution in [0.1, 0.15) is 25.7 Å². The van der Waals surface area contributed by atoms with Gasteiger partial charge in [0.1, 0.15) is 5.75 Å². The van der Waals surface area contributed by atoms with Gasteiger partial charge in [-0.3, -0.25) is 4.98 Å². The van der Waals surface area contributed by atoms with Crippen molar-refractivity contribution in [1.29, 1.82) is 0 Å². The van der Waals surface area contributed by atoms with Crippen LogP contribution in [0.3, 0.4) is 0 Å². The molecule has 0 saturated heterocycles. The second-order valence-corrected chi connectivity index (χ2v) is 3.89. The number of nitrogens with zero attached hydrogens (tertiary/aromatic N) is 1. The SMILES string of the molecule is Nc1cncc(OCCC2CCC2)c1. The molecular formula is C11H16N2O. The van der Waals surface area contributed by atoms with E-state index in [1.54, 1.807) is 12.4 Å². The lowest BCUT2D eigenvalue weighted by Crippen LogP contribution is -2.14. The molecule has 0 aliphatic heterocycles. The van der Waals surface area contributed by atoms with Gasteiger partial charge in [-0.2, -0.15) is 0 Å². The van der Waals surface area contributed by atoms with Gasteiger partial charge in [0.25, 0.3) is 0 Å². The number of anilines is 1. The van der Waals surface area contributed by atoms with E-state index in [1.807, 2.05) is 6.07 Å². The third-order valence-electron chi connectivity index (χ3n) is 2.75. The Morgan fingerprint density at radius 2 is 2.29 bits per heavy atom. The van der Waals surface area contributed by atoms with E-state index < -0.39 is 0 Å². The number of hydrogen-bond donors (Lipinski definition) is 1. The number of ether oxygens (including phenoxy) is 1. The van der Waals surface area contributed by atoms with Gasteiger partial charge in [-0.15, -0.1) is 0 Å². The lowest BCUT2D eigenvalue weighted by atomic mass is 9.83. The predicted molar refractivity (Wildman–Crippen MR) is 56.1 cm³/mol. The first-order chi connectivity index (χ1) is 6.84. The maximum Gasteiger partial charge on any atom is 0.139 e. The minimum atomic E-state index is 0.658. The fraction of sp³-hybridized carbons (Fsp3) is 0.545. The average Bonchev–Trinajstić information content (AvgIpc) is 2.09. The van der Waals surface area contributed by atoms with Crippen LogP contribution < -0.4 is 10.5 Å². The molecule has 1 fully saturated rings. The van der Waals surface area contributed by atoms with E-state index in [0.717, 1.165) is 24.7 Å². The standard InChI is InChI=1S/C11H16N2O/c12-10-6-11(8-13-7-10)14-5-4-9-2-1-3-9/h6-9H,1-5,12H2. The first-order valence-corrected chi connectivity index (χ1v) is 5.18. The van der Waals surface area contributed by atoms with E-state index in [4.69, 9.17) is 10.5 Å². The van der Waals surface area contributed by atoms with Crippen molar-refractivity contribution in [2.24, 2.45) is 5.92 Å². The first kappa shape index (κ1) is 9.31. The Kier molecular flexibility index (Phi) is 2.87. The van der Waals surface area contributed by atoms with E-state index in [-0.39, 0.29) is 0 Å². The maximum absolute atomic E-state index is 5.58. The maximum atomic E-state index is 5.58. The normalized spacial score (nSPS) is 16.3. The molecule has 14 heavy (non-hydrogen) atoms. The molecule has 0 atom stereocenters. The summed E-state index contributed by atoms with van der Waals surface area (Å²) in [4.78, 5) is 3.97. The fourth-order valence-corrected chi connectivity index (χ4v) is 1.64. The van der Waals surface area contributed by atoms with Crippen molar-refractivity contribution < 1.29 is 4.74 Å². The zero-order valence-corrected chi connectivity index (χ0v) is 8.28. The average molecular weight is 192 g/mol. The van der Waals surface area contributed by atoms with Crippen molar-refractivity contribution >= 4 is 5.69 Å². The Morgan fingerprint density at radius 3 is 2.93 bits per heavy atom. The van der Waals surface area contributed by atoms with Crippen LogP contribution in [0.5, 0.6) is 5.75 Å². The summed E-state index contributed by atoms with van der Waals surface area (Å²) in [5, 5.41) is 0. The van der Waals surface area contributed by atoms with Gasteiger partial charge in [-0.25, -0.2) is 0 Å². The predicted octanol–water partition coefficient (Wildman–Crippen LogP) is 2.23. The number of nitrogens with two attached hydrogens (primary N) is 1. The summed E-state index contributed by atoms with van der Waals surface area (Å²) in [6, 6.07) is 1.81. The van der Waals surface area contributed by atoms with Gasteiger partial charge >= 0.3 is 0 Å². The van der Waals surface area contributed by atoms with Gasteiger partial charge in [-0.05, 0) is 12.3 Å². The van der Waals surface area contributed by atoms with Crippen LogP contribution in [0, 0.1) is 5.92 Å². The quantitative estimate of drug-likeness (QED) is 0.795. The van der Waals surface area contributed by atoms with Gasteiger partial charge in [0.15, 0.2) is 0 Å². The Balaban J connectivity index is 1.74. The zero-order chi connectivity index (χ0) is 9.80. The molecule has 2 N–H and O–H groups in total. The van der Waals surface area contributed by atoms with Crippen molar-refractivity contribution in [2.45, 2.75) is 25.7 Å². The van der Waals surface area contributed by atoms with Crippen molar-refractivity contribution in [3.8, 4) is 5.75 Å². The Labute approximate surface area is 84.3 Å². The number of rotatable bonds is 4. The molecular weight excluding hydrogens is 176 g/mol. The minimum absolute atomic E-state index is 0.658. The molecule has 0 spiro atoms. The van der Waals surface area contributed by atoms with Gasteiger partial charge in [0, 0.05) is 6.07 Å². The lowest BCUT2D eigenvalue weighted by Gasteiger charge is -2.24. The van der Waals surface area contributed by atoms with Crippen LogP contribution >= 0.6 is 0 Å². The number of pyridine rings is 1. The molecule has 0 aromatic carbocycles. The lowest BCUT2D eigenvalue weighted by molar-refractivity contribution is 0.221. The molecule has 0 unspecified atom stereocenters. The molecule has 76 valence electrons. The van der Waals surface area contributed by atoms with E-state index in [9.17, 15) is 0 Å². The van der Waals surface area contributed by atoms with Crippen molar-refractivity contribution in [2.75, 3.05) is 12.3 Å². The van der Waals surface area contributed by atoms with Gasteiger partial charge in [0.2, 0.25) is 0 Å². The highest BCUT2D eigenvalue weighted by atomic mass is 16.5. The highest BCUT2D eigenvalue weighted by Crippen LogP contribution is 2.29. The Bertz CT molecular complexity index is 297. The molecule has 1 aliphatic rings. The molecule has 1 saturated carbocycles. The van der Waals surface area contributed by atoms with E-state index >= 15 is 0 Å². The summed E-state index contributed by atoms with van der Waals surface area (Å²) in [6.07, 6.45) is 8.63. The van der Waals surface area contributed by atoms with E-state index in [2.05, 4.69) is 4.98 Å². The largest absolute Gasteiger partial charge is 0.492 e. The molecule has 1 aliphatic carbocycles. The highest BCUT2D eigenvalue weighted by molar-refractivity contribution is 5.39. The van der Waals surface area contributed by atoms with Crippen LogP contribution in [0.25, 0.3) is 0 Å². The summed E-state index contributed by atoms with van der Waals surface area (Å²) in [5.41, 5.74) is 6.24. The van der Waals surface area contributed by atoms with Crippen LogP contribution in [-0.4, -0.2) is 11.6 Å². The monoisotopic (exact) mass is 192 g/mol. The van der Waals surface area contributed by atoms with Gasteiger partial charge < -0.3 is 10.5 Å². The molecule has 2 rings (SSSR count). The topological polar surface area (TPSA) is 48.1 Å². The van der Waals surface area contributed by atoms with E-state index in [0.29, 0.717) is 5.69 Å². The summed E-state index contributed by atoms with van der Waals surface area (Å²) in [7, 11) is 0. The molecule has 0 bridgehead atoms. The summed E-state index contributed by atoms with van der Waals surface area (Å²) >= 11 is 0. The highest BCUT2D eigenvalue weighted by Gasteiger charge is 2.16. The Morgan fingerprint density at radius 1 is 1.43 bits per heavy atom. The smallest absolute Gasteiger partial charge is 0.139 e. The summed E-state index contributed by atoms with van der Waals surface area (Å²) in [6.45, 7) is 0.788.